The van der Waals surface area contributed by atoms with Gasteiger partial charge in [0.1, 0.15) is 5.56 Å². The van der Waals surface area contributed by atoms with Crippen molar-refractivity contribution < 1.29 is 17.6 Å². The molecule has 0 spiro atoms. The second-order valence-electron chi connectivity index (χ2n) is 6.47. The van der Waals surface area contributed by atoms with Gasteiger partial charge in [-0.3, -0.25) is 0 Å². The third kappa shape index (κ3) is 3.39. The Bertz CT molecular complexity index is 844. The minimum Gasteiger partial charge on any atom is -0.369 e. The van der Waals surface area contributed by atoms with Crippen LogP contribution in [0.5, 0.6) is 0 Å². The zero-order chi connectivity index (χ0) is 18.9. The normalized spacial score (nSPS) is 15.8. The van der Waals surface area contributed by atoms with Gasteiger partial charge in [0.2, 0.25) is 0 Å². The molecule has 1 heterocycles. The molecular formula is C20H17F4N2. The molecule has 135 valence electrons. The van der Waals surface area contributed by atoms with E-state index in [1.54, 1.807) is 4.90 Å². The van der Waals surface area contributed by atoms with Crippen molar-refractivity contribution in [1.29, 1.82) is 5.26 Å². The van der Waals surface area contributed by atoms with Gasteiger partial charge in [-0.1, -0.05) is 18.2 Å². The number of hydrogen-bond donors (Lipinski definition) is 0. The maximum Gasteiger partial charge on any atom is 0.420 e. The summed E-state index contributed by atoms with van der Waals surface area (Å²) in [5.41, 5.74) is 0.0845. The first-order chi connectivity index (χ1) is 12.3. The average molecular weight is 361 g/mol. The van der Waals surface area contributed by atoms with Gasteiger partial charge in [-0.25, -0.2) is 4.39 Å². The van der Waals surface area contributed by atoms with Gasteiger partial charge >= 0.3 is 6.18 Å². The molecular weight excluding hydrogens is 344 g/mol. The minimum atomic E-state index is -4.90. The highest BCUT2D eigenvalue weighted by Crippen LogP contribution is 2.39. The molecule has 0 saturated carbocycles. The van der Waals surface area contributed by atoms with E-state index >= 15 is 0 Å². The number of alkyl halides is 3. The summed E-state index contributed by atoms with van der Waals surface area (Å²) in [5.74, 6) is -1.06. The molecule has 1 aliphatic rings. The zero-order valence-electron chi connectivity index (χ0n) is 14.2. The van der Waals surface area contributed by atoms with Crippen molar-refractivity contribution >= 4 is 5.69 Å². The van der Waals surface area contributed by atoms with Crippen LogP contribution in [0.3, 0.4) is 0 Å². The van der Waals surface area contributed by atoms with Crippen molar-refractivity contribution in [2.24, 2.45) is 0 Å². The summed E-state index contributed by atoms with van der Waals surface area (Å²) in [5, 5.41) is 8.86. The molecule has 0 unspecified atom stereocenters. The van der Waals surface area contributed by atoms with Crippen molar-refractivity contribution in [1.82, 2.24) is 0 Å². The Labute approximate surface area is 149 Å². The van der Waals surface area contributed by atoms with Crippen molar-refractivity contribution in [3.8, 4) is 6.07 Å². The maximum absolute atomic E-state index is 14.6. The van der Waals surface area contributed by atoms with Gasteiger partial charge in [0.25, 0.3) is 0 Å². The molecule has 0 aromatic heterocycles. The maximum atomic E-state index is 14.6. The van der Waals surface area contributed by atoms with Crippen LogP contribution in [-0.4, -0.2) is 13.1 Å². The van der Waals surface area contributed by atoms with Gasteiger partial charge in [-0.2, -0.15) is 18.4 Å². The van der Waals surface area contributed by atoms with Crippen LogP contribution in [0.2, 0.25) is 0 Å². The molecule has 6 heteroatoms. The first-order valence-corrected chi connectivity index (χ1v) is 8.34. The van der Waals surface area contributed by atoms with Crippen LogP contribution >= 0.6 is 0 Å². The molecule has 1 radical (unpaired) electrons. The number of halogens is 4. The summed E-state index contributed by atoms with van der Waals surface area (Å²) >= 11 is 0. The first-order valence-electron chi connectivity index (χ1n) is 8.34. The fraction of sp³-hybridized carbons (Fsp3) is 0.350. The SMILES string of the molecule is Cc1c[c]ccc1C1CCN(c2ccc(C#N)c(C(F)(F)F)c2F)CC1. The van der Waals surface area contributed by atoms with Crippen LogP contribution in [0.1, 0.15) is 41.0 Å². The Morgan fingerprint density at radius 2 is 1.88 bits per heavy atom. The van der Waals surface area contributed by atoms with Crippen molar-refractivity contribution in [2.75, 3.05) is 18.0 Å². The van der Waals surface area contributed by atoms with Crippen LogP contribution in [0, 0.1) is 30.1 Å². The number of rotatable bonds is 2. The van der Waals surface area contributed by atoms with Crippen molar-refractivity contribution in [3.05, 3.63) is 64.5 Å². The van der Waals surface area contributed by atoms with E-state index in [4.69, 9.17) is 5.26 Å². The molecule has 0 N–H and O–H groups in total. The number of aryl methyl sites for hydroxylation is 1. The number of piperidine rings is 1. The fourth-order valence-corrected chi connectivity index (χ4v) is 3.59. The lowest BCUT2D eigenvalue weighted by molar-refractivity contribution is -0.140. The van der Waals surface area contributed by atoms with Gasteiger partial charge in [0.05, 0.1) is 17.3 Å². The van der Waals surface area contributed by atoms with E-state index in [0.29, 0.717) is 19.0 Å². The molecule has 1 saturated heterocycles. The van der Waals surface area contributed by atoms with E-state index < -0.39 is 23.1 Å². The van der Waals surface area contributed by atoms with E-state index in [-0.39, 0.29) is 5.69 Å². The van der Waals surface area contributed by atoms with Crippen molar-refractivity contribution in [3.63, 3.8) is 0 Å². The number of nitriles is 1. The molecule has 3 rings (SSSR count). The molecule has 2 aromatic rings. The lowest BCUT2D eigenvalue weighted by Crippen LogP contribution is -2.34. The predicted molar refractivity (Wildman–Crippen MR) is 90.3 cm³/mol. The third-order valence-corrected chi connectivity index (χ3v) is 4.92. The van der Waals surface area contributed by atoms with Gasteiger partial charge in [-0.15, -0.1) is 0 Å². The second-order valence-corrected chi connectivity index (χ2v) is 6.47. The monoisotopic (exact) mass is 361 g/mol. The third-order valence-electron chi connectivity index (χ3n) is 4.92. The topological polar surface area (TPSA) is 27.0 Å². The van der Waals surface area contributed by atoms with Gasteiger partial charge in [0.15, 0.2) is 5.82 Å². The van der Waals surface area contributed by atoms with Crippen LogP contribution < -0.4 is 4.90 Å². The first kappa shape index (κ1) is 18.2. The highest BCUT2D eigenvalue weighted by atomic mass is 19.4. The van der Waals surface area contributed by atoms with Crippen LogP contribution in [0.25, 0.3) is 0 Å². The number of anilines is 1. The van der Waals surface area contributed by atoms with Crippen LogP contribution in [0.15, 0.2) is 30.3 Å². The Morgan fingerprint density at radius 1 is 1.19 bits per heavy atom. The van der Waals surface area contributed by atoms with Gasteiger partial charge in [-0.05, 0) is 55.0 Å². The smallest absolute Gasteiger partial charge is 0.369 e. The van der Waals surface area contributed by atoms with E-state index in [2.05, 4.69) is 6.07 Å². The predicted octanol–water partition coefficient (Wildman–Crippen LogP) is 5.21. The molecule has 0 atom stereocenters. The van der Waals surface area contributed by atoms with Crippen molar-refractivity contribution in [2.45, 2.75) is 31.9 Å². The number of nitrogens with zero attached hydrogens (tertiary/aromatic N) is 2. The Kier molecular flexibility index (Phi) is 4.90. The largest absolute Gasteiger partial charge is 0.420 e. The molecule has 0 bridgehead atoms. The van der Waals surface area contributed by atoms with Crippen LogP contribution in [-0.2, 0) is 6.18 Å². The highest BCUT2D eigenvalue weighted by Gasteiger charge is 2.39. The molecule has 0 aliphatic carbocycles. The molecule has 26 heavy (non-hydrogen) atoms. The Morgan fingerprint density at radius 3 is 2.46 bits per heavy atom. The van der Waals surface area contributed by atoms with E-state index in [1.807, 2.05) is 25.1 Å². The lowest BCUT2D eigenvalue weighted by atomic mass is 9.86. The summed E-state index contributed by atoms with van der Waals surface area (Å²) in [6, 6.07) is 12.5. The summed E-state index contributed by atoms with van der Waals surface area (Å²) < 4.78 is 54.0. The molecule has 0 amide bonds. The number of hydrogen-bond acceptors (Lipinski definition) is 2. The summed E-state index contributed by atoms with van der Waals surface area (Å²) in [7, 11) is 0. The van der Waals surface area contributed by atoms with E-state index in [0.717, 1.165) is 24.5 Å². The van der Waals surface area contributed by atoms with Gasteiger partial charge < -0.3 is 4.90 Å². The standard InChI is InChI=1S/C20H17F4N2/c1-13-4-2-3-5-16(13)14-8-10-26(11-9-14)17-7-6-15(12-25)18(19(17)21)20(22,23)24/h3-7,14H,8-11H2,1H3. The van der Waals surface area contributed by atoms with E-state index in [1.165, 1.54) is 17.7 Å². The second kappa shape index (κ2) is 6.99. The van der Waals surface area contributed by atoms with Crippen LogP contribution in [0.4, 0.5) is 23.2 Å². The quantitative estimate of drug-likeness (QED) is 0.687. The molecule has 1 fully saturated rings. The molecule has 2 aromatic carbocycles. The number of benzene rings is 2. The summed E-state index contributed by atoms with van der Waals surface area (Å²) in [6.45, 7) is 2.93. The zero-order valence-corrected chi connectivity index (χ0v) is 14.2. The fourth-order valence-electron chi connectivity index (χ4n) is 3.59. The highest BCUT2D eigenvalue weighted by molar-refractivity contribution is 5.56. The molecule has 2 nitrogen and oxygen atoms in total. The summed E-state index contributed by atoms with van der Waals surface area (Å²) in [4.78, 5) is 1.63. The molecule has 1 aliphatic heterocycles. The van der Waals surface area contributed by atoms with E-state index in [9.17, 15) is 17.6 Å². The van der Waals surface area contributed by atoms with Gasteiger partial charge in [0, 0.05) is 13.1 Å². The Balaban J connectivity index is 1.84. The minimum absolute atomic E-state index is 0.0899. The Hall–Kier alpha value is -2.55. The lowest BCUT2D eigenvalue weighted by Gasteiger charge is -2.35. The summed E-state index contributed by atoms with van der Waals surface area (Å²) in [6.07, 6.45) is -3.45. The average Bonchev–Trinajstić information content (AvgIpc) is 2.61.